The van der Waals surface area contributed by atoms with Crippen LogP contribution in [-0.4, -0.2) is 47.2 Å². The van der Waals surface area contributed by atoms with Crippen molar-refractivity contribution in [2.24, 2.45) is 4.99 Å². The lowest BCUT2D eigenvalue weighted by molar-refractivity contribution is 0.0999. The summed E-state index contributed by atoms with van der Waals surface area (Å²) >= 11 is 0. The van der Waals surface area contributed by atoms with Crippen LogP contribution in [0.5, 0.6) is 0 Å². The number of aromatic nitrogens is 2. The Balaban J connectivity index is 0.000000152. The summed E-state index contributed by atoms with van der Waals surface area (Å²) in [5.74, 6) is -0.234. The van der Waals surface area contributed by atoms with Gasteiger partial charge in [0.2, 0.25) is 0 Å². The fraction of sp³-hybridized carbons (Fsp3) is 0.200. The van der Waals surface area contributed by atoms with Gasteiger partial charge in [-0.25, -0.2) is 9.49 Å². The van der Waals surface area contributed by atoms with E-state index in [0.29, 0.717) is 11.3 Å². The first-order chi connectivity index (χ1) is 28.2. The van der Waals surface area contributed by atoms with Crippen molar-refractivity contribution in [1.29, 1.82) is 0 Å². The number of benzene rings is 6. The zero-order chi connectivity index (χ0) is 39.9. The van der Waals surface area contributed by atoms with Gasteiger partial charge in [-0.05, 0) is 79.0 Å². The standard InChI is InChI=1S/C26H24FN3O.C24H20N2O/c1-30(2)15-16-8-10-17(11-9-16)23-25(18-6-4-3-5-7-18)29-21-13-19(27)12-20-22(31)14-28-26(23)24(20)21;1-15-12-18-14-19(16-8-4-2-5-9-16)21(17-10-6-3-7-11-17)23-22(18)20(13-15)24(27)26-25-23/h3-13,23,25,29H,14-15H2,1-2H3;2-13,19,21H,14H2,1H3,(H,26,27). The number of hydrogen-bond acceptors (Lipinski definition) is 6. The predicted octanol–water partition coefficient (Wildman–Crippen LogP) is 9.53. The van der Waals surface area contributed by atoms with Gasteiger partial charge in [0, 0.05) is 40.6 Å². The summed E-state index contributed by atoms with van der Waals surface area (Å²) in [6, 6.07) is 46.8. The van der Waals surface area contributed by atoms with E-state index in [9.17, 15) is 14.0 Å². The average molecular weight is 766 g/mol. The molecule has 0 saturated heterocycles. The van der Waals surface area contributed by atoms with E-state index in [-0.39, 0.29) is 41.7 Å². The fourth-order valence-corrected chi connectivity index (χ4v) is 9.24. The Labute approximate surface area is 337 Å². The molecule has 0 spiro atoms. The Morgan fingerprint density at radius 1 is 0.741 bits per heavy atom. The van der Waals surface area contributed by atoms with Gasteiger partial charge in [0.1, 0.15) is 12.4 Å². The highest BCUT2D eigenvalue weighted by molar-refractivity contribution is 6.21. The van der Waals surface area contributed by atoms with Crippen LogP contribution in [0.15, 0.2) is 149 Å². The van der Waals surface area contributed by atoms with Crippen LogP contribution in [0.1, 0.15) is 84.4 Å². The highest BCUT2D eigenvalue weighted by atomic mass is 19.1. The van der Waals surface area contributed by atoms with Gasteiger partial charge in [-0.1, -0.05) is 127 Å². The van der Waals surface area contributed by atoms with Gasteiger partial charge in [0.25, 0.3) is 5.56 Å². The van der Waals surface area contributed by atoms with E-state index in [0.717, 1.165) is 57.4 Å². The molecule has 6 aromatic carbocycles. The largest absolute Gasteiger partial charge is 0.377 e. The maximum atomic E-state index is 14.3. The second-order valence-corrected chi connectivity index (χ2v) is 15.9. The van der Waals surface area contributed by atoms with Crippen LogP contribution >= 0.6 is 0 Å². The number of anilines is 1. The molecule has 10 rings (SSSR count). The minimum atomic E-state index is -0.408. The molecule has 7 aromatic rings. The molecule has 3 aliphatic rings. The number of nitrogens with zero attached hydrogens (tertiary/aromatic N) is 3. The second-order valence-electron chi connectivity index (χ2n) is 15.9. The molecule has 7 nitrogen and oxygen atoms in total. The van der Waals surface area contributed by atoms with Crippen molar-refractivity contribution in [3.63, 3.8) is 0 Å². The Kier molecular flexibility index (Phi) is 9.87. The van der Waals surface area contributed by atoms with Crippen molar-refractivity contribution >= 4 is 28.0 Å². The van der Waals surface area contributed by atoms with E-state index in [2.05, 4.69) is 138 Å². The third-order valence-electron chi connectivity index (χ3n) is 11.7. The zero-order valence-electron chi connectivity index (χ0n) is 32.7. The molecule has 4 unspecified atom stereocenters. The lowest BCUT2D eigenvalue weighted by Crippen LogP contribution is -2.36. The third kappa shape index (κ3) is 6.94. The topological polar surface area (TPSA) is 90.4 Å². The van der Waals surface area contributed by atoms with Crippen molar-refractivity contribution in [2.75, 3.05) is 26.0 Å². The maximum absolute atomic E-state index is 14.3. The smallest absolute Gasteiger partial charge is 0.272 e. The molecule has 3 heterocycles. The summed E-state index contributed by atoms with van der Waals surface area (Å²) in [4.78, 5) is 31.8. The molecular weight excluding hydrogens is 722 g/mol. The number of halogens is 1. The number of aliphatic imine (C=N–C) groups is 1. The molecule has 1 aromatic heterocycles. The van der Waals surface area contributed by atoms with Crippen LogP contribution in [0.4, 0.5) is 10.1 Å². The van der Waals surface area contributed by atoms with Gasteiger partial charge >= 0.3 is 0 Å². The lowest BCUT2D eigenvalue weighted by atomic mass is 9.70. The monoisotopic (exact) mass is 765 g/mol. The van der Waals surface area contributed by atoms with Crippen molar-refractivity contribution in [2.45, 2.75) is 43.7 Å². The van der Waals surface area contributed by atoms with Crippen LogP contribution in [0.3, 0.4) is 0 Å². The summed E-state index contributed by atoms with van der Waals surface area (Å²) in [6.45, 7) is 2.98. The van der Waals surface area contributed by atoms with Crippen LogP contribution in [-0.2, 0) is 13.0 Å². The van der Waals surface area contributed by atoms with E-state index >= 15 is 0 Å². The van der Waals surface area contributed by atoms with Crippen LogP contribution in [0.2, 0.25) is 0 Å². The normalized spacial score (nSPS) is 19.1. The Hall–Kier alpha value is -6.51. The third-order valence-corrected chi connectivity index (χ3v) is 11.7. The molecule has 8 heteroatoms. The lowest BCUT2D eigenvalue weighted by Gasteiger charge is -2.38. The van der Waals surface area contributed by atoms with Gasteiger partial charge in [0.15, 0.2) is 5.78 Å². The zero-order valence-corrected chi connectivity index (χ0v) is 32.7. The number of carbonyl (C=O) groups is 1. The molecule has 1 aliphatic carbocycles. The molecule has 0 amide bonds. The van der Waals surface area contributed by atoms with Crippen LogP contribution < -0.4 is 10.9 Å². The van der Waals surface area contributed by atoms with Crippen molar-refractivity contribution in [1.82, 2.24) is 15.1 Å². The molecule has 0 fully saturated rings. The number of H-pyrrole nitrogens is 1. The number of aromatic amines is 1. The second kappa shape index (κ2) is 15.4. The van der Waals surface area contributed by atoms with E-state index in [1.807, 2.05) is 30.3 Å². The summed E-state index contributed by atoms with van der Waals surface area (Å²) in [5, 5.41) is 12.6. The number of nitrogens with one attached hydrogen (secondary N) is 2. The van der Waals surface area contributed by atoms with Crippen LogP contribution in [0.25, 0.3) is 10.8 Å². The van der Waals surface area contributed by atoms with Crippen molar-refractivity contribution in [3.05, 3.63) is 211 Å². The first kappa shape index (κ1) is 37.1. The van der Waals surface area contributed by atoms with Gasteiger partial charge in [-0.2, -0.15) is 5.10 Å². The summed E-state index contributed by atoms with van der Waals surface area (Å²) in [6.07, 6.45) is 0.903. The highest BCUT2D eigenvalue weighted by Gasteiger charge is 2.40. The Morgan fingerprint density at radius 2 is 1.38 bits per heavy atom. The van der Waals surface area contributed by atoms with Crippen molar-refractivity contribution in [3.8, 4) is 0 Å². The predicted molar refractivity (Wildman–Crippen MR) is 230 cm³/mol. The van der Waals surface area contributed by atoms with Crippen LogP contribution in [0, 0.1) is 12.7 Å². The van der Waals surface area contributed by atoms with Gasteiger partial charge in [-0.15, -0.1) is 0 Å². The Bertz CT molecular complexity index is 2730. The van der Waals surface area contributed by atoms with E-state index in [1.54, 1.807) is 0 Å². The molecule has 2 N–H and O–H groups in total. The molecule has 2 aliphatic heterocycles. The average Bonchev–Trinajstić information content (AvgIpc) is 3.24. The first-order valence-electron chi connectivity index (χ1n) is 19.8. The Morgan fingerprint density at radius 3 is 2.05 bits per heavy atom. The van der Waals surface area contributed by atoms with Gasteiger partial charge < -0.3 is 10.2 Å². The first-order valence-corrected chi connectivity index (χ1v) is 19.8. The number of carbonyl (C=O) groups excluding carboxylic acids is 1. The number of rotatable bonds is 6. The van der Waals surface area contributed by atoms with Gasteiger partial charge in [0.05, 0.1) is 28.8 Å². The van der Waals surface area contributed by atoms with Gasteiger partial charge in [-0.3, -0.25) is 14.6 Å². The minimum absolute atomic E-state index is 0.0575. The van der Waals surface area contributed by atoms with E-state index < -0.39 is 5.82 Å². The molecule has 58 heavy (non-hydrogen) atoms. The number of hydrogen-bond donors (Lipinski definition) is 2. The van der Waals surface area contributed by atoms with E-state index in [1.165, 1.54) is 34.4 Å². The van der Waals surface area contributed by atoms with E-state index in [4.69, 9.17) is 4.99 Å². The quantitative estimate of drug-likeness (QED) is 0.176. The summed E-state index contributed by atoms with van der Waals surface area (Å²) in [5.41, 5.74) is 11.9. The fourth-order valence-electron chi connectivity index (χ4n) is 9.24. The molecule has 0 saturated carbocycles. The summed E-state index contributed by atoms with van der Waals surface area (Å²) < 4.78 is 14.3. The molecule has 288 valence electrons. The number of ketones is 1. The number of aryl methyl sites for hydroxylation is 1. The molecular formula is C50H44FN5O2. The molecule has 4 atom stereocenters. The molecule has 0 bridgehead atoms. The summed E-state index contributed by atoms with van der Waals surface area (Å²) in [7, 11) is 4.10. The maximum Gasteiger partial charge on any atom is 0.272 e. The van der Waals surface area contributed by atoms with Crippen molar-refractivity contribution < 1.29 is 9.18 Å². The highest BCUT2D eigenvalue weighted by Crippen LogP contribution is 2.48. The molecule has 0 radical (unpaired) electrons. The minimum Gasteiger partial charge on any atom is -0.377 e. The SMILES string of the molecule is CN(C)Cc1ccc(C2C3=NCC(=O)c4cc(F)cc(c43)NC2c2ccccc2)cc1.Cc1cc2c3c(n[nH]c(=O)c3c1)C(c1ccccc1)C(c1ccccc1)C2. The number of Topliss-reactive ketones (excluding diaryl/α,β-unsaturated/α-hetero) is 1.